The Morgan fingerprint density at radius 1 is 0.971 bits per heavy atom. The maximum absolute atomic E-state index is 13.1. The number of hydrogen-bond donors (Lipinski definition) is 3. The normalized spacial score (nSPS) is 17.3. The van der Waals surface area contributed by atoms with Crippen LogP contribution in [0.1, 0.15) is 42.5 Å². The van der Waals surface area contributed by atoms with E-state index in [4.69, 9.17) is 12.2 Å². The zero-order valence-corrected chi connectivity index (χ0v) is 20.4. The molecule has 2 fully saturated rings. The lowest BCUT2D eigenvalue weighted by atomic mass is 10.0. The Kier molecular flexibility index (Phi) is 8.71. The van der Waals surface area contributed by atoms with Gasteiger partial charge in [-0.1, -0.05) is 18.6 Å². The number of anilines is 2. The fourth-order valence-corrected chi connectivity index (χ4v) is 4.98. The van der Waals surface area contributed by atoms with Crippen LogP contribution in [0.5, 0.6) is 0 Å². The van der Waals surface area contributed by atoms with E-state index in [9.17, 15) is 9.18 Å². The summed E-state index contributed by atoms with van der Waals surface area (Å²) in [6.07, 6.45) is 5.66. The van der Waals surface area contributed by atoms with Gasteiger partial charge in [0.2, 0.25) is 0 Å². The average molecular weight is 484 g/mol. The number of hydrogen-bond acceptors (Lipinski definition) is 4. The molecule has 34 heavy (non-hydrogen) atoms. The van der Waals surface area contributed by atoms with Crippen LogP contribution in [0.15, 0.2) is 48.5 Å². The summed E-state index contributed by atoms with van der Waals surface area (Å²) in [5.74, 6) is -0.273. The van der Waals surface area contributed by atoms with Gasteiger partial charge in [-0.05, 0) is 87.4 Å². The molecule has 0 bridgehead atoms. The quantitative estimate of drug-likeness (QED) is 0.518. The molecule has 6 nitrogen and oxygen atoms in total. The van der Waals surface area contributed by atoms with Crippen molar-refractivity contribution in [2.45, 2.75) is 38.1 Å². The number of para-hydroxylation sites is 1. The van der Waals surface area contributed by atoms with E-state index >= 15 is 0 Å². The first-order chi connectivity index (χ1) is 16.6. The van der Waals surface area contributed by atoms with Crippen LogP contribution >= 0.6 is 12.2 Å². The molecule has 0 atom stereocenters. The first-order valence-corrected chi connectivity index (χ1v) is 12.7. The number of likely N-dealkylation sites (tertiary alicyclic amines) is 1. The van der Waals surface area contributed by atoms with E-state index in [0.717, 1.165) is 62.5 Å². The molecular weight excluding hydrogens is 449 g/mol. The van der Waals surface area contributed by atoms with Gasteiger partial charge in [0.1, 0.15) is 5.82 Å². The summed E-state index contributed by atoms with van der Waals surface area (Å²) in [5, 5.41) is 10.1. The molecule has 182 valence electrons. The zero-order chi connectivity index (χ0) is 23.8. The number of piperidine rings is 2. The van der Waals surface area contributed by atoms with Crippen molar-refractivity contribution in [2.75, 3.05) is 49.5 Å². The second kappa shape index (κ2) is 12.1. The SMILES string of the molecule is O=C(NCCN1CCCCC1)c1ccccc1N1CCC(NC(=S)Nc2ccc(F)cc2)CC1. The van der Waals surface area contributed by atoms with Gasteiger partial charge < -0.3 is 25.8 Å². The van der Waals surface area contributed by atoms with Crippen molar-refractivity contribution < 1.29 is 9.18 Å². The predicted molar refractivity (Wildman–Crippen MR) is 140 cm³/mol. The van der Waals surface area contributed by atoms with Gasteiger partial charge >= 0.3 is 0 Å². The maximum atomic E-state index is 13.1. The van der Waals surface area contributed by atoms with Crippen molar-refractivity contribution in [2.24, 2.45) is 0 Å². The van der Waals surface area contributed by atoms with Crippen molar-refractivity contribution in [3.05, 3.63) is 59.9 Å². The van der Waals surface area contributed by atoms with Crippen molar-refractivity contribution in [1.82, 2.24) is 15.5 Å². The topological polar surface area (TPSA) is 59.6 Å². The molecule has 0 saturated carbocycles. The summed E-state index contributed by atoms with van der Waals surface area (Å²) >= 11 is 5.43. The van der Waals surface area contributed by atoms with Gasteiger partial charge in [-0.15, -0.1) is 0 Å². The first-order valence-electron chi connectivity index (χ1n) is 12.3. The Balaban J connectivity index is 1.25. The molecule has 2 aromatic carbocycles. The Morgan fingerprint density at radius 2 is 1.68 bits per heavy atom. The van der Waals surface area contributed by atoms with Crippen LogP contribution in [0.3, 0.4) is 0 Å². The highest BCUT2D eigenvalue weighted by Crippen LogP contribution is 2.24. The minimum Gasteiger partial charge on any atom is -0.371 e. The molecule has 8 heteroatoms. The number of amides is 1. The third-order valence-electron chi connectivity index (χ3n) is 6.58. The molecule has 0 spiro atoms. The molecule has 2 aliphatic heterocycles. The molecule has 0 unspecified atom stereocenters. The third kappa shape index (κ3) is 6.90. The van der Waals surface area contributed by atoms with E-state index in [1.807, 2.05) is 24.3 Å². The van der Waals surface area contributed by atoms with Crippen LogP contribution in [0.4, 0.5) is 15.8 Å². The monoisotopic (exact) mass is 483 g/mol. The molecule has 0 radical (unpaired) electrons. The Hall–Kier alpha value is -2.71. The summed E-state index contributed by atoms with van der Waals surface area (Å²) in [6.45, 7) is 5.55. The van der Waals surface area contributed by atoms with E-state index in [-0.39, 0.29) is 17.8 Å². The molecule has 2 aromatic rings. The van der Waals surface area contributed by atoms with Crippen LogP contribution in [-0.4, -0.2) is 61.2 Å². The molecule has 0 aliphatic carbocycles. The van der Waals surface area contributed by atoms with Crippen LogP contribution < -0.4 is 20.9 Å². The second-order valence-corrected chi connectivity index (χ2v) is 9.45. The fourth-order valence-electron chi connectivity index (χ4n) is 4.70. The standard InChI is InChI=1S/C26H34FN5OS/c27-20-8-10-21(11-9-20)29-26(34)30-22-12-17-32(18-13-22)24-7-3-2-6-23(24)25(33)28-14-19-31-15-4-1-5-16-31/h2-3,6-11,22H,1,4-5,12-19H2,(H,28,33)(H2,29,30,34). The molecular formula is C26H34FN5OS. The first kappa shape index (κ1) is 24.4. The van der Waals surface area contributed by atoms with E-state index in [1.165, 1.54) is 31.4 Å². The Labute approximate surface area is 206 Å². The van der Waals surface area contributed by atoms with Crippen molar-refractivity contribution in [3.8, 4) is 0 Å². The van der Waals surface area contributed by atoms with Crippen LogP contribution in [0.25, 0.3) is 0 Å². The predicted octanol–water partition coefficient (Wildman–Crippen LogP) is 4.00. The van der Waals surface area contributed by atoms with Gasteiger partial charge in [0.15, 0.2) is 5.11 Å². The lowest BCUT2D eigenvalue weighted by Gasteiger charge is -2.35. The summed E-state index contributed by atoms with van der Waals surface area (Å²) in [4.78, 5) is 17.7. The Morgan fingerprint density at radius 3 is 2.41 bits per heavy atom. The maximum Gasteiger partial charge on any atom is 0.253 e. The lowest BCUT2D eigenvalue weighted by Crippen LogP contribution is -2.46. The smallest absolute Gasteiger partial charge is 0.253 e. The molecule has 1 amide bonds. The second-order valence-electron chi connectivity index (χ2n) is 9.04. The highest BCUT2D eigenvalue weighted by Gasteiger charge is 2.23. The van der Waals surface area contributed by atoms with Gasteiger partial charge in [-0.3, -0.25) is 4.79 Å². The summed E-state index contributed by atoms with van der Waals surface area (Å²) in [6, 6.07) is 14.3. The summed E-state index contributed by atoms with van der Waals surface area (Å²) in [7, 11) is 0. The summed E-state index contributed by atoms with van der Waals surface area (Å²) < 4.78 is 13.1. The van der Waals surface area contributed by atoms with Gasteiger partial charge in [0, 0.05) is 43.6 Å². The number of nitrogens with zero attached hydrogens (tertiary/aromatic N) is 2. The molecule has 2 aliphatic rings. The number of benzene rings is 2. The van der Waals surface area contributed by atoms with Crippen LogP contribution in [0.2, 0.25) is 0 Å². The average Bonchev–Trinajstić information content (AvgIpc) is 2.86. The number of carbonyl (C=O) groups is 1. The molecule has 4 rings (SSSR count). The highest BCUT2D eigenvalue weighted by molar-refractivity contribution is 7.80. The minimum absolute atomic E-state index is 0.00228. The van der Waals surface area contributed by atoms with Gasteiger partial charge in [-0.25, -0.2) is 4.39 Å². The van der Waals surface area contributed by atoms with Crippen molar-refractivity contribution >= 4 is 34.6 Å². The molecule has 3 N–H and O–H groups in total. The van der Waals surface area contributed by atoms with E-state index in [1.54, 1.807) is 12.1 Å². The van der Waals surface area contributed by atoms with Crippen LogP contribution in [-0.2, 0) is 0 Å². The molecule has 2 heterocycles. The number of carbonyl (C=O) groups excluding carboxylic acids is 1. The van der Waals surface area contributed by atoms with E-state index in [0.29, 0.717) is 11.7 Å². The van der Waals surface area contributed by atoms with E-state index in [2.05, 4.69) is 25.8 Å². The van der Waals surface area contributed by atoms with Gasteiger partial charge in [-0.2, -0.15) is 0 Å². The van der Waals surface area contributed by atoms with Gasteiger partial charge in [0.05, 0.1) is 5.56 Å². The van der Waals surface area contributed by atoms with Gasteiger partial charge in [0.25, 0.3) is 5.91 Å². The molecule has 2 saturated heterocycles. The zero-order valence-electron chi connectivity index (χ0n) is 19.6. The largest absolute Gasteiger partial charge is 0.371 e. The van der Waals surface area contributed by atoms with Crippen molar-refractivity contribution in [3.63, 3.8) is 0 Å². The fraction of sp³-hybridized carbons (Fsp3) is 0.462. The molecule has 0 aromatic heterocycles. The van der Waals surface area contributed by atoms with E-state index < -0.39 is 0 Å². The highest BCUT2D eigenvalue weighted by atomic mass is 32.1. The number of halogens is 1. The van der Waals surface area contributed by atoms with Crippen LogP contribution in [0, 0.1) is 5.82 Å². The summed E-state index contributed by atoms with van der Waals surface area (Å²) in [5.41, 5.74) is 2.49. The lowest BCUT2D eigenvalue weighted by molar-refractivity contribution is 0.0947. The minimum atomic E-state index is -0.271. The number of thiocarbonyl (C=S) groups is 1. The number of nitrogens with one attached hydrogen (secondary N) is 3. The van der Waals surface area contributed by atoms with Crippen molar-refractivity contribution in [1.29, 1.82) is 0 Å². The Bertz CT molecular complexity index is 956. The number of rotatable bonds is 7. The third-order valence-corrected chi connectivity index (χ3v) is 6.80.